The van der Waals surface area contributed by atoms with Crippen LogP contribution in [-0.4, -0.2) is 51.1 Å². The van der Waals surface area contributed by atoms with E-state index in [9.17, 15) is 9.59 Å². The third-order valence-corrected chi connectivity index (χ3v) is 5.51. The van der Waals surface area contributed by atoms with Crippen LogP contribution in [0.25, 0.3) is 5.69 Å². The lowest BCUT2D eigenvalue weighted by Crippen LogP contribution is -2.31. The third kappa shape index (κ3) is 4.09. The number of benzene rings is 1. The predicted octanol–water partition coefficient (Wildman–Crippen LogP) is 2.31. The molecule has 3 heterocycles. The van der Waals surface area contributed by atoms with Gasteiger partial charge >= 0.3 is 0 Å². The number of hydrogen-bond acceptors (Lipinski definition) is 6. The monoisotopic (exact) mass is 409 g/mol. The molecule has 0 radical (unpaired) electrons. The minimum atomic E-state index is -0.437. The average molecular weight is 409 g/mol. The Kier molecular flexibility index (Phi) is 5.48. The normalized spacial score (nSPS) is 14.2. The summed E-state index contributed by atoms with van der Waals surface area (Å²) in [5.74, 6) is 0.0812. The SMILES string of the molecule is COc1ccc(-n2nc(C(=O)N3CCCC3)c(=NC(=O)c3ccncc3)s2)cc1. The van der Waals surface area contributed by atoms with Gasteiger partial charge in [0.15, 0.2) is 10.4 Å². The number of nitrogens with zero attached hydrogens (tertiary/aromatic N) is 5. The standard InChI is InChI=1S/C20H19N5O3S/c1-28-16-6-4-15(5-7-16)25-23-17(20(27)24-12-2-3-13-24)19(29-25)22-18(26)14-8-10-21-11-9-14/h4-11H,2-3,12-13H2,1H3. The number of ether oxygens (including phenoxy) is 1. The summed E-state index contributed by atoms with van der Waals surface area (Å²) in [5.41, 5.74) is 1.35. The van der Waals surface area contributed by atoms with Gasteiger partial charge in [0.05, 0.1) is 12.8 Å². The van der Waals surface area contributed by atoms with Gasteiger partial charge in [-0.1, -0.05) is 0 Å². The number of carbonyl (C=O) groups is 2. The molecule has 148 valence electrons. The van der Waals surface area contributed by atoms with Gasteiger partial charge in [-0.05, 0) is 60.8 Å². The number of rotatable bonds is 4. The van der Waals surface area contributed by atoms with Crippen LogP contribution in [0.4, 0.5) is 0 Å². The van der Waals surface area contributed by atoms with Crippen molar-refractivity contribution in [2.75, 3.05) is 20.2 Å². The van der Waals surface area contributed by atoms with E-state index in [0.717, 1.165) is 35.8 Å². The van der Waals surface area contributed by atoms with Crippen LogP contribution in [0, 0.1) is 0 Å². The minimum absolute atomic E-state index is 0.190. The Morgan fingerprint density at radius 3 is 2.41 bits per heavy atom. The molecule has 2 aromatic heterocycles. The van der Waals surface area contributed by atoms with Crippen LogP contribution in [0.2, 0.25) is 0 Å². The molecular formula is C20H19N5O3S. The van der Waals surface area contributed by atoms with Gasteiger partial charge in [0.25, 0.3) is 11.8 Å². The molecule has 0 unspecified atom stereocenters. The van der Waals surface area contributed by atoms with Crippen LogP contribution in [-0.2, 0) is 0 Å². The molecule has 0 N–H and O–H groups in total. The summed E-state index contributed by atoms with van der Waals surface area (Å²) in [7, 11) is 1.60. The Morgan fingerprint density at radius 2 is 1.76 bits per heavy atom. The molecule has 1 saturated heterocycles. The molecule has 0 saturated carbocycles. The molecule has 0 aliphatic carbocycles. The Labute approximate surface area is 171 Å². The van der Waals surface area contributed by atoms with Gasteiger partial charge in [-0.25, -0.2) is 0 Å². The van der Waals surface area contributed by atoms with Crippen molar-refractivity contribution in [2.24, 2.45) is 4.99 Å². The number of carbonyl (C=O) groups excluding carboxylic acids is 2. The molecule has 29 heavy (non-hydrogen) atoms. The highest BCUT2D eigenvalue weighted by atomic mass is 32.1. The van der Waals surface area contributed by atoms with E-state index in [-0.39, 0.29) is 11.6 Å². The molecule has 1 aliphatic heterocycles. The largest absolute Gasteiger partial charge is 0.497 e. The summed E-state index contributed by atoms with van der Waals surface area (Å²) in [6, 6.07) is 10.5. The highest BCUT2D eigenvalue weighted by Gasteiger charge is 2.25. The average Bonchev–Trinajstić information content (AvgIpc) is 3.44. The first-order chi connectivity index (χ1) is 14.2. The van der Waals surface area contributed by atoms with E-state index >= 15 is 0 Å². The molecule has 8 nitrogen and oxygen atoms in total. The maximum Gasteiger partial charge on any atom is 0.278 e. The summed E-state index contributed by atoms with van der Waals surface area (Å²) in [4.78, 5) is 35.4. The van der Waals surface area contributed by atoms with Gasteiger partial charge in [-0.15, -0.1) is 5.10 Å². The molecule has 4 rings (SSSR count). The maximum atomic E-state index is 13.0. The molecule has 9 heteroatoms. The molecule has 1 fully saturated rings. The summed E-state index contributed by atoms with van der Waals surface area (Å²) < 4.78 is 7.08. The first kappa shape index (κ1) is 19.0. The number of likely N-dealkylation sites (tertiary alicyclic amines) is 1. The van der Waals surface area contributed by atoms with Gasteiger partial charge < -0.3 is 9.64 Å². The van der Waals surface area contributed by atoms with Crippen LogP contribution >= 0.6 is 11.5 Å². The number of methoxy groups -OCH3 is 1. The molecule has 2 amide bonds. The topological polar surface area (TPSA) is 89.7 Å². The van der Waals surface area contributed by atoms with Crippen molar-refractivity contribution in [3.05, 3.63) is 64.7 Å². The molecule has 3 aromatic rings. The second-order valence-electron chi connectivity index (χ2n) is 6.47. The quantitative estimate of drug-likeness (QED) is 0.660. The fraction of sp³-hybridized carbons (Fsp3) is 0.250. The van der Waals surface area contributed by atoms with Crippen LogP contribution in [0.15, 0.2) is 53.8 Å². The lowest BCUT2D eigenvalue weighted by atomic mass is 10.2. The molecule has 0 bridgehead atoms. The van der Waals surface area contributed by atoms with Crippen LogP contribution in [0.5, 0.6) is 5.75 Å². The first-order valence-electron chi connectivity index (χ1n) is 9.19. The van der Waals surface area contributed by atoms with Crippen molar-refractivity contribution in [3.63, 3.8) is 0 Å². The smallest absolute Gasteiger partial charge is 0.278 e. The van der Waals surface area contributed by atoms with Gasteiger partial charge in [-0.2, -0.15) is 9.06 Å². The van der Waals surface area contributed by atoms with Gasteiger partial charge in [0.2, 0.25) is 0 Å². The predicted molar refractivity (Wildman–Crippen MR) is 107 cm³/mol. The molecule has 0 atom stereocenters. The molecule has 0 spiro atoms. The lowest BCUT2D eigenvalue weighted by Gasteiger charge is -2.12. The maximum absolute atomic E-state index is 13.0. The van der Waals surface area contributed by atoms with E-state index < -0.39 is 5.91 Å². The highest BCUT2D eigenvalue weighted by molar-refractivity contribution is 7.04. The zero-order valence-electron chi connectivity index (χ0n) is 15.8. The second-order valence-corrected chi connectivity index (χ2v) is 7.38. The van der Waals surface area contributed by atoms with E-state index in [0.29, 0.717) is 23.3 Å². The zero-order chi connectivity index (χ0) is 20.2. The Morgan fingerprint density at radius 1 is 1.07 bits per heavy atom. The van der Waals surface area contributed by atoms with Gasteiger partial charge in [-0.3, -0.25) is 14.6 Å². The van der Waals surface area contributed by atoms with Crippen LogP contribution in [0.3, 0.4) is 0 Å². The van der Waals surface area contributed by atoms with Crippen molar-refractivity contribution >= 4 is 23.3 Å². The fourth-order valence-corrected chi connectivity index (χ4v) is 3.88. The van der Waals surface area contributed by atoms with Crippen molar-refractivity contribution in [1.82, 2.24) is 19.1 Å². The number of aromatic nitrogens is 3. The number of hydrogen-bond donors (Lipinski definition) is 0. The fourth-order valence-electron chi connectivity index (χ4n) is 3.03. The van der Waals surface area contributed by atoms with Gasteiger partial charge in [0.1, 0.15) is 5.75 Å². The Bertz CT molecular complexity index is 1080. The summed E-state index contributed by atoms with van der Waals surface area (Å²) >= 11 is 1.15. The van der Waals surface area contributed by atoms with Crippen LogP contribution < -0.4 is 9.41 Å². The number of amides is 2. The second kappa shape index (κ2) is 8.36. The minimum Gasteiger partial charge on any atom is -0.497 e. The van der Waals surface area contributed by atoms with Crippen molar-refractivity contribution in [1.29, 1.82) is 0 Å². The third-order valence-electron chi connectivity index (χ3n) is 4.59. The van der Waals surface area contributed by atoms with E-state index in [1.807, 2.05) is 24.3 Å². The lowest BCUT2D eigenvalue weighted by molar-refractivity contribution is 0.0785. The van der Waals surface area contributed by atoms with E-state index in [1.54, 1.807) is 28.2 Å². The molecular weight excluding hydrogens is 390 g/mol. The Balaban J connectivity index is 1.76. The van der Waals surface area contributed by atoms with Crippen molar-refractivity contribution in [3.8, 4) is 11.4 Å². The summed E-state index contributed by atoms with van der Waals surface area (Å²) in [5, 5.41) is 4.47. The van der Waals surface area contributed by atoms with Crippen LogP contribution in [0.1, 0.15) is 33.7 Å². The van der Waals surface area contributed by atoms with Gasteiger partial charge in [0, 0.05) is 31.0 Å². The van der Waals surface area contributed by atoms with E-state index in [1.165, 1.54) is 12.4 Å². The molecule has 1 aliphatic rings. The zero-order valence-corrected chi connectivity index (χ0v) is 16.6. The Hall–Kier alpha value is -3.33. The summed E-state index contributed by atoms with van der Waals surface area (Å²) in [6.07, 6.45) is 5.00. The van der Waals surface area contributed by atoms with Crippen molar-refractivity contribution < 1.29 is 14.3 Å². The van der Waals surface area contributed by atoms with E-state index in [4.69, 9.17) is 4.74 Å². The van der Waals surface area contributed by atoms with E-state index in [2.05, 4.69) is 15.1 Å². The summed E-state index contributed by atoms with van der Waals surface area (Å²) in [6.45, 7) is 1.38. The highest BCUT2D eigenvalue weighted by Crippen LogP contribution is 2.17. The molecule has 1 aromatic carbocycles. The van der Waals surface area contributed by atoms with Crippen molar-refractivity contribution in [2.45, 2.75) is 12.8 Å². The number of pyridine rings is 1. The first-order valence-corrected chi connectivity index (χ1v) is 9.96.